The zero-order valence-electron chi connectivity index (χ0n) is 7.89. The Balaban J connectivity index is 3.21. The molecule has 2 N–H and O–H groups in total. The molecular weight excluding hydrogens is 146 g/mol. The van der Waals surface area contributed by atoms with Crippen LogP contribution in [-0.4, -0.2) is 0 Å². The average molecular weight is 161 g/mol. The summed E-state index contributed by atoms with van der Waals surface area (Å²) in [6, 6.07) is 4.20. The first-order valence-electron chi connectivity index (χ1n) is 4.14. The van der Waals surface area contributed by atoms with Gasteiger partial charge in [0, 0.05) is 5.69 Å². The van der Waals surface area contributed by atoms with E-state index in [1.165, 1.54) is 5.56 Å². The van der Waals surface area contributed by atoms with E-state index >= 15 is 0 Å². The highest BCUT2D eigenvalue weighted by Gasteiger charge is 1.98. The standard InChI is InChI=1S/C11H15N/c1-4-5-10-6-8(2)11(12)9(3)7-10/h4-7H,12H2,1-3H3/b5-4+. The second-order valence-electron chi connectivity index (χ2n) is 3.07. The molecule has 0 heterocycles. The third-order valence-corrected chi connectivity index (χ3v) is 1.98. The number of nitrogen functional groups attached to an aromatic ring is 1. The summed E-state index contributed by atoms with van der Waals surface area (Å²) in [6.45, 7) is 6.09. The van der Waals surface area contributed by atoms with Crippen molar-refractivity contribution in [2.75, 3.05) is 5.73 Å². The van der Waals surface area contributed by atoms with Gasteiger partial charge in [-0.25, -0.2) is 0 Å². The molecule has 0 amide bonds. The molecule has 0 aliphatic heterocycles. The first-order valence-corrected chi connectivity index (χ1v) is 4.14. The Morgan fingerprint density at radius 3 is 2.08 bits per heavy atom. The van der Waals surface area contributed by atoms with Crippen LogP contribution in [-0.2, 0) is 0 Å². The molecule has 0 aliphatic rings. The van der Waals surface area contributed by atoms with Gasteiger partial charge in [-0.1, -0.05) is 12.2 Å². The number of anilines is 1. The first-order chi connectivity index (χ1) is 5.65. The quantitative estimate of drug-likeness (QED) is 0.630. The van der Waals surface area contributed by atoms with Crippen molar-refractivity contribution in [2.45, 2.75) is 20.8 Å². The molecule has 1 heteroatoms. The molecule has 0 unspecified atom stereocenters. The van der Waals surface area contributed by atoms with E-state index < -0.39 is 0 Å². The SMILES string of the molecule is C/C=C/c1cc(C)c(N)c(C)c1. The number of nitrogens with two attached hydrogens (primary N) is 1. The van der Waals surface area contributed by atoms with Crippen molar-refractivity contribution in [3.63, 3.8) is 0 Å². The molecule has 1 aromatic rings. The molecule has 0 spiro atoms. The zero-order chi connectivity index (χ0) is 9.14. The molecule has 0 aromatic heterocycles. The first kappa shape index (κ1) is 8.85. The maximum Gasteiger partial charge on any atom is 0.0373 e. The van der Waals surface area contributed by atoms with Crippen LogP contribution in [0.15, 0.2) is 18.2 Å². The van der Waals surface area contributed by atoms with Gasteiger partial charge < -0.3 is 5.73 Å². The number of allylic oxidation sites excluding steroid dienone is 1. The summed E-state index contributed by atoms with van der Waals surface area (Å²) in [5, 5.41) is 0. The monoisotopic (exact) mass is 161 g/mol. The number of hydrogen-bond donors (Lipinski definition) is 1. The average Bonchev–Trinajstić information content (AvgIpc) is 2.01. The van der Waals surface area contributed by atoms with Crippen molar-refractivity contribution in [1.29, 1.82) is 0 Å². The minimum absolute atomic E-state index is 0.906. The number of aryl methyl sites for hydroxylation is 2. The maximum atomic E-state index is 5.82. The van der Waals surface area contributed by atoms with Gasteiger partial charge in [0.2, 0.25) is 0 Å². The Morgan fingerprint density at radius 1 is 1.17 bits per heavy atom. The van der Waals surface area contributed by atoms with Crippen molar-refractivity contribution < 1.29 is 0 Å². The normalized spacial score (nSPS) is 10.9. The van der Waals surface area contributed by atoms with E-state index in [1.54, 1.807) is 0 Å². The van der Waals surface area contributed by atoms with Crippen molar-refractivity contribution >= 4 is 11.8 Å². The fourth-order valence-electron chi connectivity index (χ4n) is 1.30. The van der Waals surface area contributed by atoms with Crippen molar-refractivity contribution in [3.8, 4) is 0 Å². The van der Waals surface area contributed by atoms with E-state index in [2.05, 4.69) is 18.2 Å². The maximum absolute atomic E-state index is 5.82. The highest BCUT2D eigenvalue weighted by Crippen LogP contribution is 2.19. The molecule has 0 bridgehead atoms. The van der Waals surface area contributed by atoms with Crippen LogP contribution < -0.4 is 5.73 Å². The second-order valence-corrected chi connectivity index (χ2v) is 3.07. The summed E-state index contributed by atoms with van der Waals surface area (Å²) in [5.41, 5.74) is 10.3. The molecule has 1 nitrogen and oxygen atoms in total. The Morgan fingerprint density at radius 2 is 1.67 bits per heavy atom. The summed E-state index contributed by atoms with van der Waals surface area (Å²) in [6.07, 6.45) is 4.11. The molecule has 0 fully saturated rings. The molecular formula is C11H15N. The highest BCUT2D eigenvalue weighted by atomic mass is 14.6. The third-order valence-electron chi connectivity index (χ3n) is 1.98. The van der Waals surface area contributed by atoms with Gasteiger partial charge in [-0.3, -0.25) is 0 Å². The molecule has 0 atom stereocenters. The van der Waals surface area contributed by atoms with E-state index in [-0.39, 0.29) is 0 Å². The molecule has 1 rings (SSSR count). The Kier molecular flexibility index (Phi) is 2.54. The lowest BCUT2D eigenvalue weighted by Crippen LogP contribution is -1.93. The van der Waals surface area contributed by atoms with Gasteiger partial charge in [-0.05, 0) is 49.6 Å². The fraction of sp³-hybridized carbons (Fsp3) is 0.273. The minimum atomic E-state index is 0.906. The summed E-state index contributed by atoms with van der Waals surface area (Å²) < 4.78 is 0. The van der Waals surface area contributed by atoms with E-state index in [1.807, 2.05) is 26.8 Å². The molecule has 0 saturated carbocycles. The van der Waals surface area contributed by atoms with Crippen LogP contribution in [0.3, 0.4) is 0 Å². The number of hydrogen-bond acceptors (Lipinski definition) is 1. The lowest BCUT2D eigenvalue weighted by Gasteiger charge is -2.05. The lowest BCUT2D eigenvalue weighted by atomic mass is 10.0. The van der Waals surface area contributed by atoms with Gasteiger partial charge in [-0.2, -0.15) is 0 Å². The van der Waals surface area contributed by atoms with Gasteiger partial charge in [0.05, 0.1) is 0 Å². The second kappa shape index (κ2) is 3.44. The third kappa shape index (κ3) is 1.67. The van der Waals surface area contributed by atoms with Crippen molar-refractivity contribution in [1.82, 2.24) is 0 Å². The zero-order valence-corrected chi connectivity index (χ0v) is 7.89. The van der Waals surface area contributed by atoms with Crippen LogP contribution in [0.4, 0.5) is 5.69 Å². The van der Waals surface area contributed by atoms with E-state index in [0.29, 0.717) is 0 Å². The summed E-state index contributed by atoms with van der Waals surface area (Å²) in [5.74, 6) is 0. The fourth-order valence-corrected chi connectivity index (χ4v) is 1.30. The van der Waals surface area contributed by atoms with Crippen LogP contribution in [0.5, 0.6) is 0 Å². The van der Waals surface area contributed by atoms with Crippen LogP contribution in [0.2, 0.25) is 0 Å². The molecule has 0 saturated heterocycles. The predicted octanol–water partition coefficient (Wildman–Crippen LogP) is 2.92. The van der Waals surface area contributed by atoms with Crippen LogP contribution in [0.25, 0.3) is 6.08 Å². The predicted molar refractivity (Wildman–Crippen MR) is 55.0 cm³/mol. The number of rotatable bonds is 1. The van der Waals surface area contributed by atoms with Gasteiger partial charge in [-0.15, -0.1) is 0 Å². The molecule has 64 valence electrons. The summed E-state index contributed by atoms with van der Waals surface area (Å²) in [4.78, 5) is 0. The smallest absolute Gasteiger partial charge is 0.0373 e. The summed E-state index contributed by atoms with van der Waals surface area (Å²) >= 11 is 0. The highest BCUT2D eigenvalue weighted by molar-refractivity contribution is 5.61. The van der Waals surface area contributed by atoms with Crippen LogP contribution in [0, 0.1) is 13.8 Å². The number of benzene rings is 1. The molecule has 12 heavy (non-hydrogen) atoms. The van der Waals surface area contributed by atoms with Gasteiger partial charge >= 0.3 is 0 Å². The summed E-state index contributed by atoms with van der Waals surface area (Å²) in [7, 11) is 0. The van der Waals surface area contributed by atoms with Crippen LogP contribution in [0.1, 0.15) is 23.6 Å². The minimum Gasteiger partial charge on any atom is -0.398 e. The Labute approximate surface area is 73.9 Å². The molecule has 0 aliphatic carbocycles. The molecule has 1 aromatic carbocycles. The molecule has 0 radical (unpaired) electrons. The largest absolute Gasteiger partial charge is 0.398 e. The Hall–Kier alpha value is -1.24. The van der Waals surface area contributed by atoms with Gasteiger partial charge in [0.15, 0.2) is 0 Å². The van der Waals surface area contributed by atoms with Gasteiger partial charge in [0.1, 0.15) is 0 Å². The van der Waals surface area contributed by atoms with E-state index in [0.717, 1.165) is 16.8 Å². The van der Waals surface area contributed by atoms with Gasteiger partial charge in [0.25, 0.3) is 0 Å². The van der Waals surface area contributed by atoms with E-state index in [4.69, 9.17) is 5.73 Å². The van der Waals surface area contributed by atoms with E-state index in [9.17, 15) is 0 Å². The van der Waals surface area contributed by atoms with Crippen LogP contribution >= 0.6 is 0 Å². The van der Waals surface area contributed by atoms with Crippen molar-refractivity contribution in [2.24, 2.45) is 0 Å². The Bertz CT molecular complexity index is 288. The van der Waals surface area contributed by atoms with Crippen molar-refractivity contribution in [3.05, 3.63) is 34.9 Å². The lowest BCUT2D eigenvalue weighted by molar-refractivity contribution is 1.38. The topological polar surface area (TPSA) is 26.0 Å².